The first-order valence-corrected chi connectivity index (χ1v) is 6.53. The van der Waals surface area contributed by atoms with Crippen molar-refractivity contribution in [2.45, 2.75) is 32.3 Å². The number of aliphatic hydroxyl groups is 1. The molecule has 2 rings (SSSR count). The number of benzene rings is 1. The Kier molecular flexibility index (Phi) is 3.58. The summed E-state index contributed by atoms with van der Waals surface area (Å²) in [5, 5.41) is 19.2. The smallest absolute Gasteiger partial charge is 0.0991 e. The first-order valence-electron chi connectivity index (χ1n) is 6.53. The van der Waals surface area contributed by atoms with E-state index in [9.17, 15) is 5.11 Å². The largest absolute Gasteiger partial charge is 0.389 e. The molecule has 0 aliphatic carbocycles. The Bertz CT molecular complexity index is 437. The predicted octanol–water partition coefficient (Wildman–Crippen LogP) is 2.55. The van der Waals surface area contributed by atoms with Gasteiger partial charge in [0.2, 0.25) is 0 Å². The van der Waals surface area contributed by atoms with Gasteiger partial charge in [0, 0.05) is 18.8 Å². The second kappa shape index (κ2) is 4.99. The summed E-state index contributed by atoms with van der Waals surface area (Å²) in [7, 11) is 0. The molecule has 0 aromatic heterocycles. The van der Waals surface area contributed by atoms with Crippen molar-refractivity contribution in [3.05, 3.63) is 29.8 Å². The second-order valence-electron chi connectivity index (χ2n) is 5.40. The third-order valence-corrected chi connectivity index (χ3v) is 4.07. The van der Waals surface area contributed by atoms with Gasteiger partial charge in [-0.2, -0.15) is 5.26 Å². The molecule has 1 N–H and O–H groups in total. The lowest BCUT2D eigenvalue weighted by atomic mass is 9.81. The molecule has 3 heteroatoms. The molecule has 96 valence electrons. The first-order chi connectivity index (χ1) is 8.55. The Labute approximate surface area is 109 Å². The van der Waals surface area contributed by atoms with Gasteiger partial charge in [-0.15, -0.1) is 0 Å². The Morgan fingerprint density at radius 1 is 1.22 bits per heavy atom. The molecule has 3 nitrogen and oxygen atoms in total. The lowest BCUT2D eigenvalue weighted by Gasteiger charge is -2.41. The fourth-order valence-corrected chi connectivity index (χ4v) is 2.48. The molecule has 0 atom stereocenters. The standard InChI is InChI=1S/C15H20N2O/c1-12(2)15(18)7-9-17(10-8-15)14-5-3-13(11-16)4-6-14/h3-6,12,18H,7-10H2,1-2H3. The maximum Gasteiger partial charge on any atom is 0.0991 e. The van der Waals surface area contributed by atoms with Gasteiger partial charge in [-0.1, -0.05) is 13.8 Å². The number of piperidine rings is 1. The van der Waals surface area contributed by atoms with Crippen LogP contribution in [0.2, 0.25) is 0 Å². The van der Waals surface area contributed by atoms with E-state index < -0.39 is 5.60 Å². The van der Waals surface area contributed by atoms with Crippen molar-refractivity contribution in [3.8, 4) is 6.07 Å². The summed E-state index contributed by atoms with van der Waals surface area (Å²) in [4.78, 5) is 2.28. The summed E-state index contributed by atoms with van der Waals surface area (Å²) in [6, 6.07) is 9.79. The summed E-state index contributed by atoms with van der Waals surface area (Å²) >= 11 is 0. The number of nitrogens with zero attached hydrogens (tertiary/aromatic N) is 2. The van der Waals surface area contributed by atoms with Crippen molar-refractivity contribution in [3.63, 3.8) is 0 Å². The van der Waals surface area contributed by atoms with Crippen LogP contribution in [0.5, 0.6) is 0 Å². The molecule has 0 radical (unpaired) electrons. The van der Waals surface area contributed by atoms with Crippen LogP contribution in [-0.4, -0.2) is 23.8 Å². The van der Waals surface area contributed by atoms with E-state index in [1.807, 2.05) is 24.3 Å². The van der Waals surface area contributed by atoms with Crippen LogP contribution < -0.4 is 4.90 Å². The molecule has 18 heavy (non-hydrogen) atoms. The van der Waals surface area contributed by atoms with Crippen molar-refractivity contribution >= 4 is 5.69 Å². The summed E-state index contributed by atoms with van der Waals surface area (Å²) < 4.78 is 0. The fourth-order valence-electron chi connectivity index (χ4n) is 2.48. The SMILES string of the molecule is CC(C)C1(O)CCN(c2ccc(C#N)cc2)CC1. The van der Waals surface area contributed by atoms with E-state index in [1.165, 1.54) is 0 Å². The average molecular weight is 244 g/mol. The summed E-state index contributed by atoms with van der Waals surface area (Å²) in [6.07, 6.45) is 1.62. The molecule has 0 saturated carbocycles. The quantitative estimate of drug-likeness (QED) is 0.869. The van der Waals surface area contributed by atoms with Gasteiger partial charge in [0.1, 0.15) is 0 Å². The zero-order valence-corrected chi connectivity index (χ0v) is 11.1. The topological polar surface area (TPSA) is 47.3 Å². The maximum atomic E-state index is 10.4. The lowest BCUT2D eigenvalue weighted by molar-refractivity contribution is -0.0262. The lowest BCUT2D eigenvalue weighted by Crippen LogP contribution is -2.47. The van der Waals surface area contributed by atoms with E-state index in [0.717, 1.165) is 31.6 Å². The highest BCUT2D eigenvalue weighted by Gasteiger charge is 2.34. The van der Waals surface area contributed by atoms with Gasteiger partial charge < -0.3 is 10.0 Å². The molecular formula is C15H20N2O. The summed E-state index contributed by atoms with van der Waals surface area (Å²) in [5.74, 6) is 0.306. The van der Waals surface area contributed by atoms with Crippen molar-refractivity contribution in [2.75, 3.05) is 18.0 Å². The highest BCUT2D eigenvalue weighted by Crippen LogP contribution is 2.31. The van der Waals surface area contributed by atoms with E-state index >= 15 is 0 Å². The van der Waals surface area contributed by atoms with Crippen molar-refractivity contribution in [1.29, 1.82) is 5.26 Å². The molecule has 1 aliphatic heterocycles. The Morgan fingerprint density at radius 2 is 1.78 bits per heavy atom. The van der Waals surface area contributed by atoms with E-state index in [0.29, 0.717) is 11.5 Å². The number of hydrogen-bond donors (Lipinski definition) is 1. The third kappa shape index (κ3) is 2.49. The molecule has 0 unspecified atom stereocenters. The molecule has 1 saturated heterocycles. The second-order valence-corrected chi connectivity index (χ2v) is 5.40. The van der Waals surface area contributed by atoms with Gasteiger partial charge in [-0.3, -0.25) is 0 Å². The monoisotopic (exact) mass is 244 g/mol. The highest BCUT2D eigenvalue weighted by molar-refractivity contribution is 5.50. The Balaban J connectivity index is 2.03. The third-order valence-electron chi connectivity index (χ3n) is 4.07. The van der Waals surface area contributed by atoms with Gasteiger partial charge in [-0.05, 0) is 43.0 Å². The number of anilines is 1. The number of nitriles is 1. The molecule has 1 aliphatic rings. The van der Waals surface area contributed by atoms with Gasteiger partial charge in [0.15, 0.2) is 0 Å². The molecule has 1 aromatic carbocycles. The van der Waals surface area contributed by atoms with Crippen LogP contribution in [-0.2, 0) is 0 Å². The van der Waals surface area contributed by atoms with Gasteiger partial charge in [0.25, 0.3) is 0 Å². The van der Waals surface area contributed by atoms with Gasteiger partial charge >= 0.3 is 0 Å². The molecule has 1 fully saturated rings. The summed E-state index contributed by atoms with van der Waals surface area (Å²) in [5.41, 5.74) is 1.32. The van der Waals surface area contributed by atoms with Crippen molar-refractivity contribution in [2.24, 2.45) is 5.92 Å². The zero-order valence-electron chi connectivity index (χ0n) is 11.1. The van der Waals surface area contributed by atoms with Crippen LogP contribution in [0.25, 0.3) is 0 Å². The van der Waals surface area contributed by atoms with Crippen LogP contribution in [0, 0.1) is 17.2 Å². The minimum absolute atomic E-state index is 0.306. The van der Waals surface area contributed by atoms with Crippen LogP contribution in [0.3, 0.4) is 0 Å². The molecule has 1 aromatic rings. The van der Waals surface area contributed by atoms with Crippen LogP contribution in [0.1, 0.15) is 32.3 Å². The van der Waals surface area contributed by atoms with E-state index in [4.69, 9.17) is 5.26 Å². The normalized spacial score (nSPS) is 18.7. The molecule has 0 bridgehead atoms. The number of hydrogen-bond acceptors (Lipinski definition) is 3. The highest BCUT2D eigenvalue weighted by atomic mass is 16.3. The average Bonchev–Trinajstić information content (AvgIpc) is 2.40. The van der Waals surface area contributed by atoms with Gasteiger partial charge in [0.05, 0.1) is 17.2 Å². The first kappa shape index (κ1) is 12.9. The van der Waals surface area contributed by atoms with Crippen LogP contribution in [0.15, 0.2) is 24.3 Å². The summed E-state index contributed by atoms with van der Waals surface area (Å²) in [6.45, 7) is 5.91. The van der Waals surface area contributed by atoms with Crippen molar-refractivity contribution < 1.29 is 5.11 Å². The molecule has 1 heterocycles. The van der Waals surface area contributed by atoms with Crippen LogP contribution in [0.4, 0.5) is 5.69 Å². The van der Waals surface area contributed by atoms with E-state index in [-0.39, 0.29) is 0 Å². The minimum Gasteiger partial charge on any atom is -0.389 e. The van der Waals surface area contributed by atoms with E-state index in [2.05, 4.69) is 24.8 Å². The minimum atomic E-state index is -0.511. The van der Waals surface area contributed by atoms with Crippen molar-refractivity contribution in [1.82, 2.24) is 0 Å². The molecule has 0 spiro atoms. The molecular weight excluding hydrogens is 224 g/mol. The maximum absolute atomic E-state index is 10.4. The van der Waals surface area contributed by atoms with Gasteiger partial charge in [-0.25, -0.2) is 0 Å². The predicted molar refractivity (Wildman–Crippen MR) is 72.4 cm³/mol. The van der Waals surface area contributed by atoms with E-state index in [1.54, 1.807) is 0 Å². The fraction of sp³-hybridized carbons (Fsp3) is 0.533. The van der Waals surface area contributed by atoms with Crippen LogP contribution >= 0.6 is 0 Å². The zero-order chi connectivity index (χ0) is 13.2. The number of rotatable bonds is 2. The Morgan fingerprint density at radius 3 is 2.22 bits per heavy atom. The Hall–Kier alpha value is -1.53. The molecule has 0 amide bonds.